The number of fused-ring (bicyclic) bond motifs is 1. The molecule has 1 nitrogen and oxygen atoms in total. The Bertz CT molecular complexity index is 529. The van der Waals surface area contributed by atoms with Crippen molar-refractivity contribution in [2.24, 2.45) is 0 Å². The maximum absolute atomic E-state index is 3.71. The van der Waals surface area contributed by atoms with Crippen molar-refractivity contribution in [1.82, 2.24) is 5.32 Å². The second kappa shape index (κ2) is 5.25. The van der Waals surface area contributed by atoms with E-state index in [1.165, 1.54) is 30.4 Å². The number of thiophene rings is 1. The lowest BCUT2D eigenvalue weighted by Gasteiger charge is -2.24. The van der Waals surface area contributed by atoms with Crippen molar-refractivity contribution in [3.05, 3.63) is 57.3 Å². The molecule has 94 valence electrons. The molecule has 0 aliphatic heterocycles. The van der Waals surface area contributed by atoms with E-state index in [2.05, 4.69) is 48.0 Å². The van der Waals surface area contributed by atoms with Crippen LogP contribution in [0.4, 0.5) is 0 Å². The Morgan fingerprint density at radius 1 is 1.33 bits per heavy atom. The van der Waals surface area contributed by atoms with E-state index in [9.17, 15) is 0 Å². The van der Waals surface area contributed by atoms with Crippen LogP contribution in [0.2, 0.25) is 0 Å². The highest BCUT2D eigenvalue weighted by atomic mass is 32.1. The van der Waals surface area contributed by atoms with Crippen LogP contribution in [-0.2, 0) is 13.0 Å². The van der Waals surface area contributed by atoms with E-state index in [0.717, 1.165) is 6.54 Å². The Labute approximate surface area is 113 Å². The Morgan fingerprint density at radius 3 is 3.17 bits per heavy atom. The molecule has 18 heavy (non-hydrogen) atoms. The quantitative estimate of drug-likeness (QED) is 0.868. The van der Waals surface area contributed by atoms with Gasteiger partial charge in [0.1, 0.15) is 0 Å². The Balaban J connectivity index is 1.68. The standard InChI is InChI=1S/C16H19NS/c1-12-4-2-5-13(10-12)11-17-15-6-3-7-16-14(15)8-9-18-16/h2,4-5,8-10,15,17H,3,6-7,11H2,1H3. The monoisotopic (exact) mass is 257 g/mol. The molecule has 1 N–H and O–H groups in total. The van der Waals surface area contributed by atoms with Gasteiger partial charge < -0.3 is 5.32 Å². The molecule has 0 amide bonds. The average Bonchev–Trinajstić information content (AvgIpc) is 2.85. The third-order valence-corrected chi connectivity index (χ3v) is 4.68. The van der Waals surface area contributed by atoms with Crippen LogP contribution in [-0.4, -0.2) is 0 Å². The Morgan fingerprint density at radius 2 is 2.28 bits per heavy atom. The van der Waals surface area contributed by atoms with Gasteiger partial charge in [-0.3, -0.25) is 0 Å². The first-order chi connectivity index (χ1) is 8.83. The molecule has 0 saturated carbocycles. The third kappa shape index (κ3) is 2.50. The van der Waals surface area contributed by atoms with Crippen molar-refractivity contribution in [2.75, 3.05) is 0 Å². The predicted molar refractivity (Wildman–Crippen MR) is 78.0 cm³/mol. The summed E-state index contributed by atoms with van der Waals surface area (Å²) in [5, 5.41) is 5.95. The Kier molecular flexibility index (Phi) is 3.48. The zero-order valence-electron chi connectivity index (χ0n) is 10.8. The first-order valence-electron chi connectivity index (χ1n) is 6.68. The summed E-state index contributed by atoms with van der Waals surface area (Å²) >= 11 is 1.91. The maximum Gasteiger partial charge on any atom is 0.0334 e. The van der Waals surface area contributed by atoms with Crippen LogP contribution < -0.4 is 5.32 Å². The zero-order valence-corrected chi connectivity index (χ0v) is 11.6. The van der Waals surface area contributed by atoms with Crippen molar-refractivity contribution >= 4 is 11.3 Å². The molecule has 0 spiro atoms. The molecular weight excluding hydrogens is 238 g/mol. The minimum absolute atomic E-state index is 0.556. The van der Waals surface area contributed by atoms with Gasteiger partial charge in [-0.15, -0.1) is 11.3 Å². The van der Waals surface area contributed by atoms with Crippen molar-refractivity contribution in [3.63, 3.8) is 0 Å². The van der Waals surface area contributed by atoms with Crippen molar-refractivity contribution in [3.8, 4) is 0 Å². The predicted octanol–water partition coefficient (Wildman–Crippen LogP) is 4.22. The normalized spacial score (nSPS) is 18.6. The molecule has 1 aromatic carbocycles. The van der Waals surface area contributed by atoms with E-state index >= 15 is 0 Å². The summed E-state index contributed by atoms with van der Waals surface area (Å²) < 4.78 is 0. The van der Waals surface area contributed by atoms with Crippen molar-refractivity contribution in [1.29, 1.82) is 0 Å². The number of rotatable bonds is 3. The average molecular weight is 257 g/mol. The Hall–Kier alpha value is -1.12. The fourth-order valence-electron chi connectivity index (χ4n) is 2.76. The summed E-state index contributed by atoms with van der Waals surface area (Å²) in [7, 11) is 0. The minimum atomic E-state index is 0.556. The summed E-state index contributed by atoms with van der Waals surface area (Å²) in [4.78, 5) is 1.59. The van der Waals surface area contributed by atoms with Crippen LogP contribution in [0, 0.1) is 6.92 Å². The highest BCUT2D eigenvalue weighted by Crippen LogP contribution is 2.33. The van der Waals surface area contributed by atoms with Crippen molar-refractivity contribution < 1.29 is 0 Å². The summed E-state index contributed by atoms with van der Waals surface area (Å²) in [6.07, 6.45) is 3.87. The minimum Gasteiger partial charge on any atom is -0.306 e. The molecule has 1 aliphatic carbocycles. The molecule has 2 aromatic rings. The summed E-state index contributed by atoms with van der Waals surface area (Å²) in [5.74, 6) is 0. The fraction of sp³-hybridized carbons (Fsp3) is 0.375. The number of nitrogens with one attached hydrogen (secondary N) is 1. The number of hydrogen-bond donors (Lipinski definition) is 1. The SMILES string of the molecule is Cc1cccc(CNC2CCCc3sccc32)c1. The molecule has 1 aliphatic rings. The highest BCUT2D eigenvalue weighted by molar-refractivity contribution is 7.10. The second-order valence-electron chi connectivity index (χ2n) is 5.11. The van der Waals surface area contributed by atoms with Crippen LogP contribution in [0.25, 0.3) is 0 Å². The number of aryl methyl sites for hydroxylation is 2. The number of benzene rings is 1. The molecule has 1 aromatic heterocycles. The first kappa shape index (κ1) is 11.9. The summed E-state index contributed by atoms with van der Waals surface area (Å²) in [5.41, 5.74) is 4.27. The van der Waals surface area contributed by atoms with Gasteiger partial charge in [0.25, 0.3) is 0 Å². The molecule has 1 heterocycles. The van der Waals surface area contributed by atoms with Gasteiger partial charge in [-0.25, -0.2) is 0 Å². The van der Waals surface area contributed by atoms with Crippen LogP contribution in [0.3, 0.4) is 0 Å². The van der Waals surface area contributed by atoms with E-state index in [1.54, 1.807) is 10.4 Å². The van der Waals surface area contributed by atoms with Gasteiger partial charge in [0.15, 0.2) is 0 Å². The van der Waals surface area contributed by atoms with Gasteiger partial charge >= 0.3 is 0 Å². The van der Waals surface area contributed by atoms with Crippen LogP contribution in [0.15, 0.2) is 35.7 Å². The van der Waals surface area contributed by atoms with Gasteiger partial charge in [0.2, 0.25) is 0 Å². The van der Waals surface area contributed by atoms with Crippen LogP contribution >= 0.6 is 11.3 Å². The zero-order chi connectivity index (χ0) is 12.4. The molecule has 2 heteroatoms. The summed E-state index contributed by atoms with van der Waals surface area (Å²) in [6, 6.07) is 11.6. The topological polar surface area (TPSA) is 12.0 Å². The molecule has 1 atom stereocenters. The van der Waals surface area contributed by atoms with E-state index < -0.39 is 0 Å². The van der Waals surface area contributed by atoms with Crippen molar-refractivity contribution in [2.45, 2.75) is 38.8 Å². The molecule has 0 fully saturated rings. The smallest absolute Gasteiger partial charge is 0.0334 e. The third-order valence-electron chi connectivity index (χ3n) is 3.69. The largest absolute Gasteiger partial charge is 0.306 e. The maximum atomic E-state index is 3.71. The fourth-order valence-corrected chi connectivity index (χ4v) is 3.75. The molecule has 0 saturated heterocycles. The van der Waals surface area contributed by atoms with Gasteiger partial charge in [0.05, 0.1) is 0 Å². The van der Waals surface area contributed by atoms with Crippen LogP contribution in [0.5, 0.6) is 0 Å². The molecule has 0 bridgehead atoms. The second-order valence-corrected chi connectivity index (χ2v) is 6.11. The molecular formula is C16H19NS. The van der Waals surface area contributed by atoms with Gasteiger partial charge in [-0.05, 0) is 48.8 Å². The van der Waals surface area contributed by atoms with E-state index in [4.69, 9.17) is 0 Å². The van der Waals surface area contributed by atoms with Gasteiger partial charge in [-0.2, -0.15) is 0 Å². The number of hydrogen-bond acceptors (Lipinski definition) is 2. The summed E-state index contributed by atoms with van der Waals surface area (Å²) in [6.45, 7) is 3.13. The first-order valence-corrected chi connectivity index (χ1v) is 7.56. The highest BCUT2D eigenvalue weighted by Gasteiger charge is 2.20. The van der Waals surface area contributed by atoms with E-state index in [-0.39, 0.29) is 0 Å². The van der Waals surface area contributed by atoms with Gasteiger partial charge in [-0.1, -0.05) is 29.8 Å². The van der Waals surface area contributed by atoms with E-state index in [1.807, 2.05) is 11.3 Å². The molecule has 1 unspecified atom stereocenters. The molecule has 0 radical (unpaired) electrons. The van der Waals surface area contributed by atoms with Crippen LogP contribution in [0.1, 0.15) is 40.5 Å². The van der Waals surface area contributed by atoms with Gasteiger partial charge in [0, 0.05) is 17.5 Å². The van der Waals surface area contributed by atoms with E-state index in [0.29, 0.717) is 6.04 Å². The lowest BCUT2D eigenvalue weighted by molar-refractivity contribution is 0.463. The lowest BCUT2D eigenvalue weighted by Crippen LogP contribution is -2.23. The molecule has 3 rings (SSSR count). The lowest BCUT2D eigenvalue weighted by atomic mass is 9.94.